The van der Waals surface area contributed by atoms with Crippen LogP contribution in [-0.4, -0.2) is 74.6 Å². The van der Waals surface area contributed by atoms with Gasteiger partial charge < -0.3 is 29.0 Å². The van der Waals surface area contributed by atoms with Gasteiger partial charge in [0.2, 0.25) is 0 Å². The number of aliphatic hydroxyl groups is 1. The van der Waals surface area contributed by atoms with E-state index in [2.05, 4.69) is 18.4 Å². The Morgan fingerprint density at radius 2 is 1.33 bits per heavy atom. The van der Waals surface area contributed by atoms with Crippen molar-refractivity contribution in [2.45, 2.75) is 78.1 Å². The highest BCUT2D eigenvalue weighted by Gasteiger charge is 2.14. The Labute approximate surface area is 272 Å². The van der Waals surface area contributed by atoms with Crippen LogP contribution in [0.3, 0.4) is 0 Å². The zero-order chi connectivity index (χ0) is 33.6. The van der Waals surface area contributed by atoms with Crippen LogP contribution in [0.25, 0.3) is 11.1 Å². The number of nitrogens with zero attached hydrogens (tertiary/aromatic N) is 1. The van der Waals surface area contributed by atoms with Crippen LogP contribution in [0.5, 0.6) is 11.5 Å². The predicted octanol–water partition coefficient (Wildman–Crippen LogP) is 7.27. The van der Waals surface area contributed by atoms with E-state index in [0.29, 0.717) is 74.6 Å². The molecule has 0 heterocycles. The summed E-state index contributed by atoms with van der Waals surface area (Å²) < 4.78 is 50.9. The van der Waals surface area contributed by atoms with E-state index in [4.69, 9.17) is 24.1 Å². The van der Waals surface area contributed by atoms with Gasteiger partial charge in [0.05, 0.1) is 39.5 Å². The third-order valence-corrected chi connectivity index (χ3v) is 7.21. The minimum atomic E-state index is -0.756. The number of esters is 2. The summed E-state index contributed by atoms with van der Waals surface area (Å²) in [5, 5.41) is 9.09. The summed E-state index contributed by atoms with van der Waals surface area (Å²) in [6, 6.07) is 9.60. The van der Waals surface area contributed by atoms with Crippen molar-refractivity contribution in [3.8, 4) is 22.6 Å². The Morgan fingerprint density at radius 3 is 1.89 bits per heavy atom. The number of carbonyl (C=O) groups excluding carboxylic acids is 2. The molecule has 0 saturated heterocycles. The van der Waals surface area contributed by atoms with Crippen molar-refractivity contribution in [2.24, 2.45) is 0 Å². The molecule has 0 radical (unpaired) electrons. The monoisotopic (exact) mass is 647 g/mol. The van der Waals surface area contributed by atoms with Crippen LogP contribution in [0.1, 0.15) is 78.1 Å². The molecule has 0 unspecified atom stereocenters. The molecule has 2 aromatic rings. The Bertz CT molecular complexity index is 1160. The Morgan fingerprint density at radius 1 is 0.761 bits per heavy atom. The normalized spacial score (nSPS) is 11.0. The van der Waals surface area contributed by atoms with Crippen molar-refractivity contribution in [3.63, 3.8) is 0 Å². The number of aliphatic hydroxyl groups excluding tert-OH is 1. The van der Waals surface area contributed by atoms with Gasteiger partial charge in [0.1, 0.15) is 5.75 Å². The van der Waals surface area contributed by atoms with E-state index in [9.17, 15) is 18.4 Å². The molecule has 2 aromatic carbocycles. The van der Waals surface area contributed by atoms with Crippen LogP contribution in [-0.2, 0) is 19.1 Å². The predicted molar refractivity (Wildman–Crippen MR) is 175 cm³/mol. The van der Waals surface area contributed by atoms with Gasteiger partial charge in [0.25, 0.3) is 0 Å². The summed E-state index contributed by atoms with van der Waals surface area (Å²) in [5.41, 5.74) is 1.43. The summed E-state index contributed by atoms with van der Waals surface area (Å²) in [4.78, 5) is 25.3. The third-order valence-electron chi connectivity index (χ3n) is 7.21. The first-order valence-corrected chi connectivity index (χ1v) is 16.4. The first-order valence-electron chi connectivity index (χ1n) is 16.4. The van der Waals surface area contributed by atoms with Crippen molar-refractivity contribution in [1.29, 1.82) is 0 Å². The molecule has 0 aliphatic heterocycles. The van der Waals surface area contributed by atoms with Gasteiger partial charge in [0.15, 0.2) is 17.4 Å². The van der Waals surface area contributed by atoms with Crippen LogP contribution in [0.2, 0.25) is 0 Å². The van der Waals surface area contributed by atoms with Crippen molar-refractivity contribution in [3.05, 3.63) is 60.2 Å². The summed E-state index contributed by atoms with van der Waals surface area (Å²) in [7, 11) is 0. The van der Waals surface area contributed by atoms with E-state index in [1.54, 1.807) is 31.2 Å². The van der Waals surface area contributed by atoms with Crippen LogP contribution < -0.4 is 9.47 Å². The highest BCUT2D eigenvalue weighted by molar-refractivity contribution is 5.86. The number of rotatable bonds is 25. The molecule has 0 atom stereocenters. The highest BCUT2D eigenvalue weighted by Crippen LogP contribution is 2.30. The number of benzene rings is 2. The maximum atomic E-state index is 14.7. The molecule has 0 aliphatic carbocycles. The fraction of sp³-hybridized carbons (Fsp3) is 0.556. The number of ether oxygens (including phenoxy) is 4. The zero-order valence-corrected chi connectivity index (χ0v) is 27.5. The maximum Gasteiger partial charge on any atom is 0.333 e. The van der Waals surface area contributed by atoms with E-state index in [1.165, 1.54) is 12.1 Å². The third kappa shape index (κ3) is 15.7. The summed E-state index contributed by atoms with van der Waals surface area (Å²) in [6.45, 7) is 10.7. The molecular formula is C36H51F2NO7. The zero-order valence-electron chi connectivity index (χ0n) is 27.5. The second-order valence-corrected chi connectivity index (χ2v) is 11.3. The first kappa shape index (κ1) is 38.7. The van der Waals surface area contributed by atoms with Crippen molar-refractivity contribution >= 4 is 11.9 Å². The largest absolute Gasteiger partial charge is 0.494 e. The van der Waals surface area contributed by atoms with Crippen LogP contribution in [0.15, 0.2) is 48.6 Å². The molecule has 46 heavy (non-hydrogen) atoms. The van der Waals surface area contributed by atoms with E-state index < -0.39 is 17.6 Å². The quantitative estimate of drug-likeness (QED) is 0.0684. The average Bonchev–Trinajstić information content (AvgIpc) is 3.03. The highest BCUT2D eigenvalue weighted by atomic mass is 19.1. The smallest absolute Gasteiger partial charge is 0.333 e. The minimum absolute atomic E-state index is 0.0846. The molecule has 10 heteroatoms. The van der Waals surface area contributed by atoms with E-state index in [1.807, 2.05) is 0 Å². The van der Waals surface area contributed by atoms with Gasteiger partial charge in [-0.25, -0.2) is 13.6 Å². The number of hydrogen-bond donors (Lipinski definition) is 1. The summed E-state index contributed by atoms with van der Waals surface area (Å²) in [5.74, 6) is -1.83. The lowest BCUT2D eigenvalue weighted by molar-refractivity contribution is -0.144. The lowest BCUT2D eigenvalue weighted by Gasteiger charge is -2.19. The molecule has 0 saturated carbocycles. The molecule has 1 N–H and O–H groups in total. The number of halogens is 2. The first-order chi connectivity index (χ1) is 22.2. The Hall–Kier alpha value is -3.50. The SMILES string of the molecule is C=C(C)C(=O)OCCCCCCOc1c(F)cc(-c2ccc(OCCCCCCOC(=O)CCN(CCC)CCO)cc2)cc1F. The van der Waals surface area contributed by atoms with Gasteiger partial charge in [-0.1, -0.05) is 25.6 Å². The number of hydrogen-bond acceptors (Lipinski definition) is 8. The molecule has 0 amide bonds. The van der Waals surface area contributed by atoms with Gasteiger partial charge in [0, 0.05) is 18.7 Å². The van der Waals surface area contributed by atoms with Crippen LogP contribution in [0, 0.1) is 11.6 Å². The lowest BCUT2D eigenvalue weighted by atomic mass is 10.0. The van der Waals surface area contributed by atoms with Crippen LogP contribution in [0.4, 0.5) is 8.78 Å². The molecule has 0 bridgehead atoms. The van der Waals surface area contributed by atoms with Crippen molar-refractivity contribution < 1.29 is 42.4 Å². The van der Waals surface area contributed by atoms with E-state index in [0.717, 1.165) is 51.5 Å². The van der Waals surface area contributed by atoms with E-state index in [-0.39, 0.29) is 24.9 Å². The van der Waals surface area contributed by atoms with Gasteiger partial charge in [-0.3, -0.25) is 4.79 Å². The topological polar surface area (TPSA) is 94.5 Å². The fourth-order valence-electron chi connectivity index (χ4n) is 4.68. The second kappa shape index (κ2) is 22.9. The Kier molecular flexibility index (Phi) is 19.3. The lowest BCUT2D eigenvalue weighted by Crippen LogP contribution is -2.30. The maximum absolute atomic E-state index is 14.7. The molecule has 8 nitrogen and oxygen atoms in total. The molecular weight excluding hydrogens is 596 g/mol. The fourth-order valence-corrected chi connectivity index (χ4v) is 4.68. The van der Waals surface area contributed by atoms with Crippen LogP contribution >= 0.6 is 0 Å². The average molecular weight is 648 g/mol. The molecule has 0 spiro atoms. The second-order valence-electron chi connectivity index (χ2n) is 11.3. The summed E-state index contributed by atoms with van der Waals surface area (Å²) in [6.07, 6.45) is 7.73. The van der Waals surface area contributed by atoms with Gasteiger partial charge >= 0.3 is 11.9 Å². The summed E-state index contributed by atoms with van der Waals surface area (Å²) >= 11 is 0. The minimum Gasteiger partial charge on any atom is -0.494 e. The van der Waals surface area contributed by atoms with Crippen molar-refractivity contribution in [2.75, 3.05) is 52.7 Å². The molecule has 0 aliphatic rings. The van der Waals surface area contributed by atoms with E-state index >= 15 is 0 Å². The molecule has 2 rings (SSSR count). The molecule has 0 aromatic heterocycles. The van der Waals surface area contributed by atoms with Gasteiger partial charge in [-0.2, -0.15) is 0 Å². The number of unbranched alkanes of at least 4 members (excludes halogenated alkanes) is 6. The van der Waals surface area contributed by atoms with Crippen molar-refractivity contribution in [1.82, 2.24) is 4.90 Å². The van der Waals surface area contributed by atoms with Gasteiger partial charge in [-0.15, -0.1) is 0 Å². The number of carbonyl (C=O) groups is 2. The molecule has 0 fully saturated rings. The molecule has 256 valence electrons. The Balaban J connectivity index is 1.61. The van der Waals surface area contributed by atoms with Gasteiger partial charge in [-0.05, 0) is 107 Å². The standard InChI is InChI=1S/C36H51F2NO7/c1-4-18-39(20-21-40)19-17-34(41)44-23-10-6-5-9-22-43-31-15-13-29(14-16-31)30-26-32(37)35(33(38)27-30)45-24-11-7-8-12-25-46-36(42)28(2)3/h13-16,26-27,40H,2,4-12,17-25H2,1,3H3.